The van der Waals surface area contributed by atoms with E-state index >= 15 is 0 Å². The third-order valence-electron chi connectivity index (χ3n) is 2.07. The Morgan fingerprint density at radius 1 is 1.40 bits per heavy atom. The molecule has 0 saturated heterocycles. The zero-order chi connectivity index (χ0) is 11.3. The maximum atomic E-state index is 10.3. The second-order valence-corrected chi connectivity index (χ2v) is 3.46. The second kappa shape index (κ2) is 5.36. The molecule has 0 aliphatic carbocycles. The van der Waals surface area contributed by atoms with Crippen LogP contribution in [0.4, 0.5) is 0 Å². The summed E-state index contributed by atoms with van der Waals surface area (Å²) in [6.07, 6.45) is -0.130. The average Bonchev–Trinajstić information content (AvgIpc) is 2.15. The molecule has 1 aromatic rings. The molecule has 3 N–H and O–H groups in total. The first-order valence-electron chi connectivity index (χ1n) is 4.75. The fraction of sp³-hybridized carbons (Fsp3) is 0.364. The van der Waals surface area contributed by atoms with Crippen molar-refractivity contribution in [3.63, 3.8) is 0 Å². The molecule has 15 heavy (non-hydrogen) atoms. The molecule has 0 radical (unpaired) electrons. The average molecular weight is 210 g/mol. The van der Waals surface area contributed by atoms with Crippen LogP contribution in [-0.2, 0) is 11.2 Å². The highest BCUT2D eigenvalue weighted by molar-refractivity contribution is 5.66. The summed E-state index contributed by atoms with van der Waals surface area (Å²) >= 11 is 0. The monoisotopic (exact) mass is 210 g/mol. The lowest BCUT2D eigenvalue weighted by molar-refractivity contribution is -0.137. The van der Waals surface area contributed by atoms with Crippen LogP contribution >= 0.6 is 0 Å². The Kier molecular flexibility index (Phi) is 4.12. The maximum Gasteiger partial charge on any atom is 0.303 e. The second-order valence-electron chi connectivity index (χ2n) is 3.46. The first-order chi connectivity index (χ1) is 7.08. The summed E-state index contributed by atoms with van der Waals surface area (Å²) in [5.74, 6) is -0.761. The van der Waals surface area contributed by atoms with E-state index in [1.807, 2.05) is 0 Å². The highest BCUT2D eigenvalue weighted by Gasteiger charge is 2.08. The van der Waals surface area contributed by atoms with Gasteiger partial charge in [-0.2, -0.15) is 0 Å². The van der Waals surface area contributed by atoms with Crippen molar-refractivity contribution in [1.82, 2.24) is 0 Å². The molecule has 0 fully saturated rings. The van der Waals surface area contributed by atoms with Crippen molar-refractivity contribution < 1.29 is 20.1 Å². The Morgan fingerprint density at radius 2 is 2.13 bits per heavy atom. The molecular formula is C11H14O4. The minimum atomic E-state index is -0.912. The molecule has 0 unspecified atom stereocenters. The van der Waals surface area contributed by atoms with Crippen molar-refractivity contribution in [3.8, 4) is 5.75 Å². The fourth-order valence-electron chi connectivity index (χ4n) is 1.35. The van der Waals surface area contributed by atoms with Crippen LogP contribution in [0.3, 0.4) is 0 Å². The lowest BCUT2D eigenvalue weighted by Crippen LogP contribution is -2.12. The summed E-state index contributed by atoms with van der Waals surface area (Å²) in [7, 11) is 0. The van der Waals surface area contributed by atoms with Crippen LogP contribution in [0.1, 0.15) is 18.4 Å². The molecule has 0 amide bonds. The van der Waals surface area contributed by atoms with Crippen molar-refractivity contribution in [2.45, 2.75) is 25.4 Å². The van der Waals surface area contributed by atoms with Crippen LogP contribution in [0.2, 0.25) is 0 Å². The molecule has 0 spiro atoms. The Hall–Kier alpha value is -1.55. The third kappa shape index (κ3) is 4.46. The lowest BCUT2D eigenvalue weighted by atomic mass is 10.0. The van der Waals surface area contributed by atoms with Gasteiger partial charge in [-0.15, -0.1) is 0 Å². The molecule has 0 heterocycles. The van der Waals surface area contributed by atoms with E-state index in [-0.39, 0.29) is 18.6 Å². The largest absolute Gasteiger partial charge is 0.508 e. The number of hydrogen-bond donors (Lipinski definition) is 3. The Morgan fingerprint density at radius 3 is 2.73 bits per heavy atom. The van der Waals surface area contributed by atoms with Crippen molar-refractivity contribution >= 4 is 5.97 Å². The van der Waals surface area contributed by atoms with Crippen LogP contribution in [0.15, 0.2) is 24.3 Å². The summed E-state index contributed by atoms with van der Waals surface area (Å²) in [6, 6.07) is 6.58. The molecule has 0 aliphatic heterocycles. The van der Waals surface area contributed by atoms with Crippen LogP contribution in [-0.4, -0.2) is 27.4 Å². The lowest BCUT2D eigenvalue weighted by Gasteiger charge is -2.09. The quantitative estimate of drug-likeness (QED) is 0.681. The van der Waals surface area contributed by atoms with Crippen molar-refractivity contribution in [3.05, 3.63) is 29.8 Å². The number of phenolic OH excluding ortho intramolecular Hbond substituents is 1. The van der Waals surface area contributed by atoms with E-state index in [1.165, 1.54) is 0 Å². The molecule has 0 bridgehead atoms. The highest BCUT2D eigenvalue weighted by Crippen LogP contribution is 2.14. The van der Waals surface area contributed by atoms with Crippen molar-refractivity contribution in [2.24, 2.45) is 0 Å². The van der Waals surface area contributed by atoms with Gasteiger partial charge < -0.3 is 15.3 Å². The number of aliphatic hydroxyl groups is 1. The van der Waals surface area contributed by atoms with E-state index in [0.29, 0.717) is 6.42 Å². The maximum absolute atomic E-state index is 10.3. The first-order valence-corrected chi connectivity index (χ1v) is 4.75. The number of rotatable bonds is 5. The van der Waals surface area contributed by atoms with Crippen LogP contribution in [0.25, 0.3) is 0 Å². The van der Waals surface area contributed by atoms with E-state index < -0.39 is 12.1 Å². The number of aliphatic carboxylic acids is 1. The van der Waals surface area contributed by atoms with Crippen molar-refractivity contribution in [1.29, 1.82) is 0 Å². The number of hydrogen-bond acceptors (Lipinski definition) is 3. The Bertz CT molecular complexity index is 335. The zero-order valence-corrected chi connectivity index (χ0v) is 8.26. The predicted octanol–water partition coefficient (Wildman–Crippen LogP) is 1.16. The summed E-state index contributed by atoms with van der Waals surface area (Å²) in [5.41, 5.74) is 0.799. The van der Waals surface area contributed by atoms with Crippen LogP contribution < -0.4 is 0 Å². The molecule has 0 aliphatic rings. The minimum absolute atomic E-state index is 0.0417. The van der Waals surface area contributed by atoms with Crippen LogP contribution in [0.5, 0.6) is 5.75 Å². The summed E-state index contributed by atoms with van der Waals surface area (Å²) in [4.78, 5) is 10.3. The van der Waals surface area contributed by atoms with Crippen molar-refractivity contribution in [2.75, 3.05) is 0 Å². The SMILES string of the molecule is O=C(O)CC[C@H](O)Cc1cccc(O)c1. The topological polar surface area (TPSA) is 77.8 Å². The molecule has 4 nitrogen and oxygen atoms in total. The van der Waals surface area contributed by atoms with Gasteiger partial charge in [0.15, 0.2) is 0 Å². The van der Waals surface area contributed by atoms with E-state index in [4.69, 9.17) is 10.2 Å². The number of benzene rings is 1. The summed E-state index contributed by atoms with van der Waals surface area (Å²) in [5, 5.41) is 27.1. The molecule has 0 saturated carbocycles. The standard InChI is InChI=1S/C11H14O4/c12-9-3-1-2-8(6-9)7-10(13)4-5-11(14)15/h1-3,6,10,12-13H,4-5,7H2,(H,14,15)/t10-/m0/s1. The van der Waals surface area contributed by atoms with E-state index in [2.05, 4.69) is 0 Å². The highest BCUT2D eigenvalue weighted by atomic mass is 16.4. The molecule has 82 valence electrons. The smallest absolute Gasteiger partial charge is 0.303 e. The summed E-state index contributed by atoms with van der Waals surface area (Å²) < 4.78 is 0. The number of aromatic hydroxyl groups is 1. The van der Waals surface area contributed by atoms with Gasteiger partial charge in [-0.05, 0) is 30.5 Å². The Balaban J connectivity index is 2.44. The van der Waals surface area contributed by atoms with Gasteiger partial charge in [0.1, 0.15) is 5.75 Å². The van der Waals surface area contributed by atoms with Gasteiger partial charge in [0.25, 0.3) is 0 Å². The van der Waals surface area contributed by atoms with Gasteiger partial charge in [0, 0.05) is 6.42 Å². The van der Waals surface area contributed by atoms with E-state index in [1.54, 1.807) is 24.3 Å². The molecule has 1 aromatic carbocycles. The van der Waals surface area contributed by atoms with E-state index in [0.717, 1.165) is 5.56 Å². The summed E-state index contributed by atoms with van der Waals surface area (Å²) in [6.45, 7) is 0. The number of carboxylic acids is 1. The molecule has 0 aromatic heterocycles. The molecule has 1 rings (SSSR count). The predicted molar refractivity (Wildman–Crippen MR) is 54.7 cm³/mol. The van der Waals surface area contributed by atoms with Crippen LogP contribution in [0, 0.1) is 0 Å². The number of carboxylic acid groups (broad SMARTS) is 1. The first kappa shape index (κ1) is 11.5. The van der Waals surface area contributed by atoms with E-state index in [9.17, 15) is 9.90 Å². The minimum Gasteiger partial charge on any atom is -0.508 e. The third-order valence-corrected chi connectivity index (χ3v) is 2.07. The molecule has 4 heteroatoms. The van der Waals surface area contributed by atoms with Gasteiger partial charge in [-0.25, -0.2) is 0 Å². The fourth-order valence-corrected chi connectivity index (χ4v) is 1.35. The van der Waals surface area contributed by atoms with Gasteiger partial charge in [0.05, 0.1) is 6.10 Å². The number of carbonyl (C=O) groups is 1. The van der Waals surface area contributed by atoms with Gasteiger partial charge >= 0.3 is 5.97 Å². The van der Waals surface area contributed by atoms with Gasteiger partial charge in [-0.3, -0.25) is 4.79 Å². The molecular weight excluding hydrogens is 196 g/mol. The number of aliphatic hydroxyl groups excluding tert-OH is 1. The van der Waals surface area contributed by atoms with Gasteiger partial charge in [-0.1, -0.05) is 12.1 Å². The zero-order valence-electron chi connectivity index (χ0n) is 8.26. The Labute approximate surface area is 87.8 Å². The molecule has 1 atom stereocenters. The van der Waals surface area contributed by atoms with Gasteiger partial charge in [0.2, 0.25) is 0 Å². The number of phenols is 1. The normalized spacial score (nSPS) is 12.3.